The van der Waals surface area contributed by atoms with Crippen molar-refractivity contribution in [3.8, 4) is 0 Å². The molecule has 2 nitrogen and oxygen atoms in total. The molecule has 0 heterocycles. The Hall–Kier alpha value is -0.622. The maximum atomic E-state index is 10.7. The molecule has 0 radical (unpaired) electrons. The van der Waals surface area contributed by atoms with Crippen molar-refractivity contribution in [3.63, 3.8) is 0 Å². The van der Waals surface area contributed by atoms with Crippen molar-refractivity contribution in [1.29, 1.82) is 0 Å². The molecular formula is C11H17AsO2. The van der Waals surface area contributed by atoms with Crippen LogP contribution in [0.3, 0.4) is 0 Å². The van der Waals surface area contributed by atoms with Crippen molar-refractivity contribution in [2.24, 2.45) is 0 Å². The number of hydrogen-bond donors (Lipinski definition) is 0. The Kier molecular flexibility index (Phi) is 6.48. The van der Waals surface area contributed by atoms with Gasteiger partial charge in [0.25, 0.3) is 0 Å². The molecule has 0 unspecified atom stereocenters. The van der Waals surface area contributed by atoms with Crippen LogP contribution < -0.4 is 4.35 Å². The third-order valence-corrected chi connectivity index (χ3v) is 3.22. The summed E-state index contributed by atoms with van der Waals surface area (Å²) in [5.74, 6) is 0.388. The molecule has 0 aliphatic rings. The van der Waals surface area contributed by atoms with Gasteiger partial charge >= 0.3 is 76.0 Å². The van der Waals surface area contributed by atoms with Gasteiger partial charge < -0.3 is 0 Å². The van der Waals surface area contributed by atoms with E-state index in [0.29, 0.717) is 10.3 Å². The van der Waals surface area contributed by atoms with Gasteiger partial charge in [0.1, 0.15) is 0 Å². The van der Waals surface area contributed by atoms with Crippen molar-refractivity contribution in [2.45, 2.75) is 33.6 Å². The molecule has 0 aliphatic carbocycles. The standard InChI is InChI=1S/C9H11AsO2.C2H6/c1-7(2)8-4-3-5-9(6-8)10(11)12;1-2/h3-7H,1-2H3;1-2H3. The molecule has 1 aromatic carbocycles. The van der Waals surface area contributed by atoms with Crippen molar-refractivity contribution >= 4 is 18.9 Å². The Morgan fingerprint density at radius 2 is 1.71 bits per heavy atom. The second-order valence-electron chi connectivity index (χ2n) is 3.01. The zero-order valence-electron chi connectivity index (χ0n) is 9.15. The van der Waals surface area contributed by atoms with Crippen LogP contribution in [-0.2, 0) is 7.48 Å². The summed E-state index contributed by atoms with van der Waals surface area (Å²) in [6, 6.07) is 7.14. The van der Waals surface area contributed by atoms with Gasteiger partial charge in [-0.3, -0.25) is 0 Å². The van der Waals surface area contributed by atoms with Gasteiger partial charge in [0.15, 0.2) is 0 Å². The van der Waals surface area contributed by atoms with E-state index in [2.05, 4.69) is 0 Å². The fraction of sp³-hybridized carbons (Fsp3) is 0.455. The van der Waals surface area contributed by atoms with E-state index < -0.39 is 14.5 Å². The first kappa shape index (κ1) is 13.4. The molecule has 14 heavy (non-hydrogen) atoms. The average Bonchev–Trinajstić information content (AvgIpc) is 2.21. The molecule has 1 rings (SSSR count). The first-order valence-corrected chi connectivity index (χ1v) is 7.32. The fourth-order valence-corrected chi connectivity index (χ4v) is 1.97. The van der Waals surface area contributed by atoms with Gasteiger partial charge in [-0.15, -0.1) is 0 Å². The van der Waals surface area contributed by atoms with Gasteiger partial charge in [0, 0.05) is 0 Å². The van der Waals surface area contributed by atoms with Crippen molar-refractivity contribution in [1.82, 2.24) is 0 Å². The molecule has 78 valence electrons. The second kappa shape index (κ2) is 6.78. The van der Waals surface area contributed by atoms with Crippen LogP contribution in [0.15, 0.2) is 24.3 Å². The summed E-state index contributed by atoms with van der Waals surface area (Å²) in [7, 11) is 0. The molecule has 0 saturated carbocycles. The van der Waals surface area contributed by atoms with Crippen LogP contribution in [0.4, 0.5) is 0 Å². The molecule has 0 fully saturated rings. The average molecular weight is 256 g/mol. The van der Waals surface area contributed by atoms with Crippen LogP contribution in [-0.4, -0.2) is 14.5 Å². The van der Waals surface area contributed by atoms with Crippen molar-refractivity contribution in [3.05, 3.63) is 29.8 Å². The predicted molar refractivity (Wildman–Crippen MR) is 58.6 cm³/mol. The van der Waals surface area contributed by atoms with Crippen LogP contribution >= 0.6 is 0 Å². The molecule has 0 aliphatic heterocycles. The number of rotatable bonds is 2. The Labute approximate surface area is 90.0 Å². The summed E-state index contributed by atoms with van der Waals surface area (Å²) in [6.07, 6.45) is 0. The Morgan fingerprint density at radius 1 is 1.14 bits per heavy atom. The van der Waals surface area contributed by atoms with Crippen molar-refractivity contribution in [2.75, 3.05) is 0 Å². The van der Waals surface area contributed by atoms with Crippen molar-refractivity contribution < 1.29 is 7.48 Å². The van der Waals surface area contributed by atoms with E-state index in [0.717, 1.165) is 5.56 Å². The van der Waals surface area contributed by atoms with E-state index in [1.807, 2.05) is 33.8 Å². The minimum atomic E-state index is -3.16. The quantitative estimate of drug-likeness (QED) is 0.761. The number of hydrogen-bond acceptors (Lipinski definition) is 2. The van der Waals surface area contributed by atoms with Gasteiger partial charge in [-0.2, -0.15) is 0 Å². The van der Waals surface area contributed by atoms with Crippen LogP contribution in [0.1, 0.15) is 39.2 Å². The molecule has 3 heteroatoms. The summed E-state index contributed by atoms with van der Waals surface area (Å²) >= 11 is -3.16. The molecule has 0 saturated heterocycles. The van der Waals surface area contributed by atoms with Gasteiger partial charge in [0.2, 0.25) is 0 Å². The first-order valence-electron chi connectivity index (χ1n) is 4.85. The molecule has 1 aromatic rings. The van der Waals surface area contributed by atoms with Gasteiger partial charge in [-0.25, -0.2) is 0 Å². The summed E-state index contributed by atoms with van der Waals surface area (Å²) in [4.78, 5) is 0. The maximum absolute atomic E-state index is 10.7. The second-order valence-corrected chi connectivity index (χ2v) is 5.17. The van der Waals surface area contributed by atoms with E-state index in [-0.39, 0.29) is 0 Å². The van der Waals surface area contributed by atoms with E-state index in [1.165, 1.54) is 0 Å². The summed E-state index contributed by atoms with van der Waals surface area (Å²) in [5, 5.41) is 0. The SMILES string of the molecule is CC.CC(C)c1cccc([As](=O)=O)c1. The van der Waals surface area contributed by atoms with Crippen LogP contribution in [0.2, 0.25) is 0 Å². The van der Waals surface area contributed by atoms with E-state index in [1.54, 1.807) is 18.2 Å². The van der Waals surface area contributed by atoms with Crippen LogP contribution in [0.25, 0.3) is 0 Å². The molecule has 0 aromatic heterocycles. The van der Waals surface area contributed by atoms with Gasteiger partial charge in [-0.1, -0.05) is 13.8 Å². The zero-order valence-corrected chi connectivity index (χ0v) is 11.0. The predicted octanol–water partition coefficient (Wildman–Crippen LogP) is 2.39. The third-order valence-electron chi connectivity index (χ3n) is 1.75. The first-order chi connectivity index (χ1) is 6.61. The fourth-order valence-electron chi connectivity index (χ4n) is 0.997. The monoisotopic (exact) mass is 256 g/mol. The van der Waals surface area contributed by atoms with Crippen LogP contribution in [0, 0.1) is 0 Å². The Balaban J connectivity index is 0.000000791. The molecular weight excluding hydrogens is 239 g/mol. The van der Waals surface area contributed by atoms with Gasteiger partial charge in [0.05, 0.1) is 0 Å². The summed E-state index contributed by atoms with van der Waals surface area (Å²) in [6.45, 7) is 8.10. The normalized spacial score (nSPS) is 9.21. The van der Waals surface area contributed by atoms with Gasteiger partial charge in [-0.05, 0) is 0 Å². The molecule has 0 bridgehead atoms. The minimum absolute atomic E-state index is 0.388. The Morgan fingerprint density at radius 3 is 2.14 bits per heavy atom. The zero-order chi connectivity index (χ0) is 11.1. The molecule has 0 N–H and O–H groups in total. The van der Waals surface area contributed by atoms with E-state index in [4.69, 9.17) is 0 Å². The summed E-state index contributed by atoms with van der Waals surface area (Å²) in [5.41, 5.74) is 1.08. The molecule has 0 atom stereocenters. The molecule has 0 amide bonds. The number of benzene rings is 1. The van der Waals surface area contributed by atoms with Crippen LogP contribution in [0.5, 0.6) is 0 Å². The third kappa shape index (κ3) is 4.06. The van der Waals surface area contributed by atoms with E-state index in [9.17, 15) is 7.48 Å². The molecule has 0 spiro atoms. The van der Waals surface area contributed by atoms with E-state index >= 15 is 0 Å². The topological polar surface area (TPSA) is 34.1 Å². The summed E-state index contributed by atoms with van der Waals surface area (Å²) < 4.78 is 21.9. The Bertz CT molecular complexity index is 333.